The van der Waals surface area contributed by atoms with Crippen LogP contribution in [0.25, 0.3) is 0 Å². The van der Waals surface area contributed by atoms with Crippen LogP contribution >= 0.6 is 15.9 Å². The lowest BCUT2D eigenvalue weighted by Crippen LogP contribution is -2.67. The number of imide groups is 2. The van der Waals surface area contributed by atoms with Crippen molar-refractivity contribution in [1.29, 1.82) is 0 Å². The molecule has 0 radical (unpaired) electrons. The van der Waals surface area contributed by atoms with Crippen LogP contribution in [-0.2, 0) is 28.7 Å². The summed E-state index contributed by atoms with van der Waals surface area (Å²) in [5.74, 6) is -6.66. The van der Waals surface area contributed by atoms with Gasteiger partial charge in [0.25, 0.3) is 0 Å². The third-order valence-electron chi connectivity index (χ3n) is 9.30. The van der Waals surface area contributed by atoms with E-state index in [9.17, 15) is 24.0 Å². The van der Waals surface area contributed by atoms with Crippen LogP contribution in [-0.4, -0.2) is 40.5 Å². The summed E-state index contributed by atoms with van der Waals surface area (Å²) in [5.41, 5.74) is 1.76. The van der Waals surface area contributed by atoms with Gasteiger partial charge in [-0.2, -0.15) is 0 Å². The monoisotopic (exact) mass is 604 g/mol. The Morgan fingerprint density at radius 3 is 1.62 bits per heavy atom. The Hall–Kier alpha value is -3.59. The Morgan fingerprint density at radius 1 is 0.800 bits per heavy atom. The number of allylic oxidation sites excluding steroid dienone is 1. The second-order valence-electron chi connectivity index (χ2n) is 11.4. The number of alkyl halides is 1. The number of benzene rings is 2. The van der Waals surface area contributed by atoms with Gasteiger partial charge in [0.1, 0.15) is 0 Å². The van der Waals surface area contributed by atoms with E-state index in [1.54, 1.807) is 57.2 Å². The average molecular weight is 605 g/mol. The maximum absolute atomic E-state index is 14.3. The molecule has 2 aromatic carbocycles. The molecule has 1 saturated carbocycles. The molecule has 0 spiro atoms. The van der Waals surface area contributed by atoms with Crippen LogP contribution in [0.3, 0.4) is 0 Å². The van der Waals surface area contributed by atoms with Gasteiger partial charge in [0.15, 0.2) is 0 Å². The van der Waals surface area contributed by atoms with Crippen molar-refractivity contribution in [3.05, 3.63) is 70.8 Å². The van der Waals surface area contributed by atoms with Gasteiger partial charge in [-0.15, -0.1) is 0 Å². The molecule has 3 aliphatic carbocycles. The molecule has 4 amide bonds. The molecular weight excluding hydrogens is 576 g/mol. The first-order chi connectivity index (χ1) is 18.9. The van der Waals surface area contributed by atoms with E-state index in [-0.39, 0.29) is 12.2 Å². The maximum atomic E-state index is 14.3. The van der Waals surface area contributed by atoms with Crippen LogP contribution in [0.5, 0.6) is 0 Å². The lowest BCUT2D eigenvalue weighted by molar-refractivity contribution is -0.152. The maximum Gasteiger partial charge on any atom is 0.334 e. The van der Waals surface area contributed by atoms with E-state index in [2.05, 4.69) is 15.9 Å². The molecule has 8 nitrogen and oxygen atoms in total. The minimum Gasteiger partial charge on any atom is -0.463 e. The summed E-state index contributed by atoms with van der Waals surface area (Å²) in [6.45, 7) is 8.88. The Bertz CT molecular complexity index is 1490. The topological polar surface area (TPSA) is 101 Å². The third-order valence-corrected chi connectivity index (χ3v) is 10.9. The Morgan fingerprint density at radius 2 is 1.23 bits per heavy atom. The first-order valence-corrected chi connectivity index (χ1v) is 14.2. The zero-order valence-corrected chi connectivity index (χ0v) is 24.4. The van der Waals surface area contributed by atoms with Gasteiger partial charge < -0.3 is 4.74 Å². The highest BCUT2D eigenvalue weighted by Gasteiger charge is 2.81. The summed E-state index contributed by atoms with van der Waals surface area (Å²) in [6, 6.07) is 14.1. The number of nitrogens with zero attached hydrogens (tertiary/aromatic N) is 2. The lowest BCUT2D eigenvalue weighted by Gasteiger charge is -2.59. The number of aryl methyl sites for hydroxylation is 2. The molecule has 2 bridgehead atoms. The second kappa shape index (κ2) is 8.70. The standard InChI is InChI=1S/C31H29BrN2O6/c1-6-40-29(39)20-17(4)31(32)23-21(25(35)33(27(23)37)18-11-7-9-15(2)13-18)30(20,5)22-24(31)28(38)34(26(22)36)19-12-8-10-16(3)14-19/h7-14,21-24H,6H2,1-5H3. The number of amides is 4. The van der Waals surface area contributed by atoms with Gasteiger partial charge in [0.2, 0.25) is 23.6 Å². The molecule has 9 heteroatoms. The van der Waals surface area contributed by atoms with Crippen molar-refractivity contribution >= 4 is 56.9 Å². The average Bonchev–Trinajstić information content (AvgIpc) is 3.33. The molecule has 4 atom stereocenters. The second-order valence-corrected chi connectivity index (χ2v) is 12.7. The Labute approximate surface area is 240 Å². The lowest BCUT2D eigenvalue weighted by atomic mass is 9.43. The fourth-order valence-electron chi connectivity index (χ4n) is 7.77. The molecule has 2 aliphatic heterocycles. The number of esters is 1. The van der Waals surface area contributed by atoms with E-state index < -0.39 is 63.0 Å². The Kier molecular flexibility index (Phi) is 5.79. The SMILES string of the molecule is CCOC(=O)C1=C(C)C2(Br)C3C(=O)N(c4cccc(C)c4)C(=O)C3C1(C)C1C(=O)N(c3cccc(C)c3)C(=O)C12. The Balaban J connectivity index is 1.60. The van der Waals surface area contributed by atoms with Gasteiger partial charge in [-0.3, -0.25) is 19.2 Å². The molecule has 7 rings (SSSR count). The molecule has 2 heterocycles. The quantitative estimate of drug-likeness (QED) is 0.294. The first-order valence-electron chi connectivity index (χ1n) is 13.4. The summed E-state index contributed by atoms with van der Waals surface area (Å²) in [6.07, 6.45) is 0. The highest BCUT2D eigenvalue weighted by atomic mass is 79.9. The predicted molar refractivity (Wildman–Crippen MR) is 150 cm³/mol. The predicted octanol–water partition coefficient (Wildman–Crippen LogP) is 4.26. The number of rotatable bonds is 4. The van der Waals surface area contributed by atoms with E-state index >= 15 is 0 Å². The highest BCUT2D eigenvalue weighted by Crippen LogP contribution is 2.72. The van der Waals surface area contributed by atoms with E-state index in [0.29, 0.717) is 16.9 Å². The van der Waals surface area contributed by atoms with Gasteiger partial charge in [-0.25, -0.2) is 14.6 Å². The van der Waals surface area contributed by atoms with E-state index in [1.165, 1.54) is 0 Å². The molecule has 40 heavy (non-hydrogen) atoms. The highest BCUT2D eigenvalue weighted by molar-refractivity contribution is 9.10. The zero-order chi connectivity index (χ0) is 28.9. The normalized spacial score (nSPS) is 32.6. The number of hydrogen-bond donors (Lipinski definition) is 0. The van der Waals surface area contributed by atoms with Crippen molar-refractivity contribution in [3.8, 4) is 0 Å². The van der Waals surface area contributed by atoms with Crippen LogP contribution in [0.15, 0.2) is 59.7 Å². The van der Waals surface area contributed by atoms with E-state index in [4.69, 9.17) is 4.74 Å². The minimum atomic E-state index is -1.46. The largest absolute Gasteiger partial charge is 0.463 e. The number of ether oxygens (including phenoxy) is 1. The summed E-state index contributed by atoms with van der Waals surface area (Å²) in [5, 5.41) is 0. The number of anilines is 2. The summed E-state index contributed by atoms with van der Waals surface area (Å²) >= 11 is 3.80. The summed E-state index contributed by atoms with van der Waals surface area (Å²) < 4.78 is 4.01. The van der Waals surface area contributed by atoms with Crippen molar-refractivity contribution in [1.82, 2.24) is 0 Å². The van der Waals surface area contributed by atoms with Gasteiger partial charge in [0.05, 0.1) is 46.0 Å². The van der Waals surface area contributed by atoms with Gasteiger partial charge in [-0.1, -0.05) is 47.1 Å². The van der Waals surface area contributed by atoms with Crippen molar-refractivity contribution in [3.63, 3.8) is 0 Å². The number of carbonyl (C=O) groups is 5. The molecule has 2 aromatic rings. The van der Waals surface area contributed by atoms with Gasteiger partial charge in [0, 0.05) is 11.0 Å². The van der Waals surface area contributed by atoms with Crippen LogP contribution < -0.4 is 9.80 Å². The van der Waals surface area contributed by atoms with Gasteiger partial charge >= 0.3 is 5.97 Å². The molecule has 206 valence electrons. The van der Waals surface area contributed by atoms with E-state index in [0.717, 1.165) is 20.9 Å². The number of carbonyl (C=O) groups excluding carboxylic acids is 5. The van der Waals surface area contributed by atoms with Crippen molar-refractivity contribution in [2.75, 3.05) is 16.4 Å². The molecule has 5 aliphatic rings. The molecule has 0 N–H and O–H groups in total. The molecule has 2 saturated heterocycles. The molecule has 0 aromatic heterocycles. The number of hydrogen-bond acceptors (Lipinski definition) is 6. The van der Waals surface area contributed by atoms with Crippen LogP contribution in [0.1, 0.15) is 31.9 Å². The van der Waals surface area contributed by atoms with Crippen LogP contribution in [0.2, 0.25) is 0 Å². The fraction of sp³-hybridized carbons (Fsp3) is 0.387. The third kappa shape index (κ3) is 3.09. The molecular formula is C31H29BrN2O6. The smallest absolute Gasteiger partial charge is 0.334 e. The number of halogens is 1. The zero-order valence-electron chi connectivity index (χ0n) is 22.9. The van der Waals surface area contributed by atoms with Crippen LogP contribution in [0, 0.1) is 42.9 Å². The van der Waals surface area contributed by atoms with Crippen molar-refractivity contribution in [2.45, 2.75) is 38.9 Å². The van der Waals surface area contributed by atoms with Crippen molar-refractivity contribution < 1.29 is 28.7 Å². The molecule has 3 fully saturated rings. The summed E-state index contributed by atoms with van der Waals surface area (Å²) in [7, 11) is 0. The summed E-state index contributed by atoms with van der Waals surface area (Å²) in [4.78, 5) is 73.0. The van der Waals surface area contributed by atoms with Crippen molar-refractivity contribution in [2.24, 2.45) is 29.1 Å². The van der Waals surface area contributed by atoms with Crippen LogP contribution in [0.4, 0.5) is 11.4 Å². The first kappa shape index (κ1) is 26.6. The molecule has 4 unspecified atom stereocenters. The van der Waals surface area contributed by atoms with E-state index in [1.807, 2.05) is 26.0 Å². The minimum absolute atomic E-state index is 0.0910. The fourth-order valence-corrected chi connectivity index (χ4v) is 8.89. The van der Waals surface area contributed by atoms with Gasteiger partial charge in [-0.05, 0) is 68.7 Å².